The molecule has 0 atom stereocenters. The molecule has 1 heterocycles. The van der Waals surface area contributed by atoms with Crippen LogP contribution < -0.4 is 10.1 Å². The Kier molecular flexibility index (Phi) is 7.13. The summed E-state index contributed by atoms with van der Waals surface area (Å²) in [4.78, 5) is 27.8. The third kappa shape index (κ3) is 6.12. The normalized spacial score (nSPS) is 10.5. The van der Waals surface area contributed by atoms with Gasteiger partial charge in [0.05, 0.1) is 5.75 Å². The van der Waals surface area contributed by atoms with Gasteiger partial charge in [-0.25, -0.2) is 13.8 Å². The van der Waals surface area contributed by atoms with Crippen LogP contribution in [0.25, 0.3) is 0 Å². The quantitative estimate of drug-likeness (QED) is 0.414. The maximum Gasteiger partial charge on any atom is 0.230 e. The lowest BCUT2D eigenvalue weighted by Gasteiger charge is -2.08. The second kappa shape index (κ2) is 9.98. The number of nitrogens with one attached hydrogen (secondary N) is 1. The maximum atomic E-state index is 14.0. The number of halogens is 2. The summed E-state index contributed by atoms with van der Waals surface area (Å²) < 4.78 is 32.5. The van der Waals surface area contributed by atoms with Crippen molar-refractivity contribution >= 4 is 23.5 Å². The molecule has 30 heavy (non-hydrogen) atoms. The Morgan fingerprint density at radius 2 is 1.83 bits per heavy atom. The maximum absolute atomic E-state index is 14.0. The zero-order valence-electron chi connectivity index (χ0n) is 16.0. The fourth-order valence-corrected chi connectivity index (χ4v) is 3.22. The molecule has 3 rings (SSSR count). The molecule has 3 aromatic rings. The van der Waals surface area contributed by atoms with Gasteiger partial charge in [0, 0.05) is 29.3 Å². The fourth-order valence-electron chi connectivity index (χ4n) is 2.47. The number of amides is 1. The average molecular weight is 428 g/mol. The van der Waals surface area contributed by atoms with Gasteiger partial charge in [0.2, 0.25) is 11.8 Å². The average Bonchev–Trinajstić information content (AvgIpc) is 2.73. The minimum absolute atomic E-state index is 0.0281. The summed E-state index contributed by atoms with van der Waals surface area (Å²) in [7, 11) is 0. The van der Waals surface area contributed by atoms with E-state index >= 15 is 0 Å². The highest BCUT2D eigenvalue weighted by molar-refractivity contribution is 8.00. The summed E-state index contributed by atoms with van der Waals surface area (Å²) in [6, 6.07) is 13.1. The summed E-state index contributed by atoms with van der Waals surface area (Å²) in [5.74, 6) is -0.595. The zero-order chi connectivity index (χ0) is 21.5. The molecule has 0 aliphatic rings. The molecule has 154 valence electrons. The predicted octanol–water partition coefficient (Wildman–Crippen LogP) is 4.76. The largest absolute Gasteiger partial charge is 0.439 e. The second-order valence-corrected chi connectivity index (χ2v) is 7.34. The Morgan fingerprint density at radius 1 is 1.07 bits per heavy atom. The van der Waals surface area contributed by atoms with E-state index in [2.05, 4.69) is 10.3 Å². The molecule has 0 fully saturated rings. The molecule has 0 radical (unpaired) electrons. The Bertz CT molecular complexity index is 1060. The number of hydrogen-bond donors (Lipinski definition) is 1. The predicted molar refractivity (Wildman–Crippen MR) is 110 cm³/mol. The van der Waals surface area contributed by atoms with Crippen LogP contribution in [0.4, 0.5) is 8.78 Å². The first-order chi connectivity index (χ1) is 14.4. The summed E-state index contributed by atoms with van der Waals surface area (Å²) >= 11 is 1.05. The van der Waals surface area contributed by atoms with Crippen molar-refractivity contribution in [2.75, 3.05) is 5.75 Å². The van der Waals surface area contributed by atoms with Crippen LogP contribution in [-0.2, 0) is 11.3 Å². The number of rotatable bonds is 8. The van der Waals surface area contributed by atoms with Gasteiger partial charge in [-0.3, -0.25) is 9.59 Å². The van der Waals surface area contributed by atoms with Gasteiger partial charge in [-0.05, 0) is 55.0 Å². The van der Waals surface area contributed by atoms with Gasteiger partial charge in [0.1, 0.15) is 17.4 Å². The van der Waals surface area contributed by atoms with Crippen LogP contribution in [0.2, 0.25) is 0 Å². The number of thioether (sulfide) groups is 1. The summed E-state index contributed by atoms with van der Waals surface area (Å²) in [6.07, 6.45) is 1.54. The van der Waals surface area contributed by atoms with E-state index in [1.807, 2.05) is 0 Å². The third-order valence-corrected chi connectivity index (χ3v) is 5.07. The Morgan fingerprint density at radius 3 is 2.53 bits per heavy atom. The highest BCUT2D eigenvalue weighted by Gasteiger charge is 2.10. The zero-order valence-corrected chi connectivity index (χ0v) is 16.8. The number of Topliss-reactive ketones (excluding diaryl/α,β-unsaturated/α-hetero) is 1. The molecule has 0 unspecified atom stereocenters. The van der Waals surface area contributed by atoms with Crippen molar-refractivity contribution in [1.29, 1.82) is 0 Å². The lowest BCUT2D eigenvalue weighted by molar-refractivity contribution is -0.118. The first kappa shape index (κ1) is 21.4. The van der Waals surface area contributed by atoms with Crippen LogP contribution in [0.5, 0.6) is 11.6 Å². The summed E-state index contributed by atoms with van der Waals surface area (Å²) in [5, 5.41) is 2.75. The molecule has 5 nitrogen and oxygen atoms in total. The standard InChI is InChI=1S/C22H18F2N2O3S/c1-14(27)16-2-7-20(19(24)11-16)30-13-21(28)26-12-15-8-9-25-22(10-15)29-18-5-3-17(23)4-6-18/h2-11H,12-13H2,1H3,(H,26,28). The molecule has 0 aliphatic heterocycles. The highest BCUT2D eigenvalue weighted by atomic mass is 32.2. The van der Waals surface area contributed by atoms with Crippen molar-refractivity contribution in [3.8, 4) is 11.6 Å². The number of benzene rings is 2. The van der Waals surface area contributed by atoms with Crippen LogP contribution in [0.1, 0.15) is 22.8 Å². The van der Waals surface area contributed by atoms with Gasteiger partial charge in [0.15, 0.2) is 5.78 Å². The van der Waals surface area contributed by atoms with E-state index < -0.39 is 5.82 Å². The van der Waals surface area contributed by atoms with Gasteiger partial charge in [-0.2, -0.15) is 0 Å². The van der Waals surface area contributed by atoms with E-state index in [4.69, 9.17) is 4.74 Å². The Hall–Kier alpha value is -3.26. The van der Waals surface area contributed by atoms with E-state index in [0.717, 1.165) is 17.3 Å². The number of pyridine rings is 1. The van der Waals surface area contributed by atoms with Gasteiger partial charge in [0.25, 0.3) is 0 Å². The van der Waals surface area contributed by atoms with Crippen LogP contribution in [0.15, 0.2) is 65.7 Å². The third-order valence-electron chi connectivity index (χ3n) is 4.02. The number of carbonyl (C=O) groups excluding carboxylic acids is 2. The SMILES string of the molecule is CC(=O)c1ccc(SCC(=O)NCc2ccnc(Oc3ccc(F)cc3)c2)c(F)c1. The van der Waals surface area contributed by atoms with Crippen molar-refractivity contribution in [3.63, 3.8) is 0 Å². The van der Waals surface area contributed by atoms with Gasteiger partial charge >= 0.3 is 0 Å². The first-order valence-corrected chi connectivity index (χ1v) is 9.97. The molecule has 0 aliphatic carbocycles. The Labute approximate surface area is 176 Å². The van der Waals surface area contributed by atoms with E-state index in [1.165, 1.54) is 49.4 Å². The molecule has 1 amide bonds. The van der Waals surface area contributed by atoms with Gasteiger partial charge in [-0.1, -0.05) is 6.07 Å². The second-order valence-electron chi connectivity index (χ2n) is 6.33. The summed E-state index contributed by atoms with van der Waals surface area (Å²) in [5.41, 5.74) is 1.05. The van der Waals surface area contributed by atoms with E-state index in [9.17, 15) is 18.4 Å². The molecule has 0 bridgehead atoms. The van der Waals surface area contributed by atoms with Crippen LogP contribution in [0, 0.1) is 11.6 Å². The van der Waals surface area contributed by atoms with Crippen molar-refractivity contribution in [1.82, 2.24) is 10.3 Å². The number of ketones is 1. The van der Waals surface area contributed by atoms with E-state index in [1.54, 1.807) is 18.3 Å². The lowest BCUT2D eigenvalue weighted by Crippen LogP contribution is -2.24. The Balaban J connectivity index is 1.51. The molecule has 8 heteroatoms. The molecule has 0 saturated carbocycles. The molecule has 1 aromatic heterocycles. The highest BCUT2D eigenvalue weighted by Crippen LogP contribution is 2.23. The fraction of sp³-hybridized carbons (Fsp3) is 0.136. The molecule has 0 spiro atoms. The molecular weight excluding hydrogens is 410 g/mol. The lowest BCUT2D eigenvalue weighted by atomic mass is 10.1. The molecule has 1 N–H and O–H groups in total. The van der Waals surface area contributed by atoms with Crippen molar-refractivity contribution in [2.24, 2.45) is 0 Å². The molecule has 2 aromatic carbocycles. The smallest absolute Gasteiger partial charge is 0.230 e. The van der Waals surface area contributed by atoms with Crippen molar-refractivity contribution < 1.29 is 23.1 Å². The monoisotopic (exact) mass is 428 g/mol. The number of carbonyl (C=O) groups is 2. The summed E-state index contributed by atoms with van der Waals surface area (Å²) in [6.45, 7) is 1.61. The topological polar surface area (TPSA) is 68.3 Å². The van der Waals surface area contributed by atoms with Gasteiger partial charge < -0.3 is 10.1 Å². The number of hydrogen-bond acceptors (Lipinski definition) is 5. The first-order valence-electron chi connectivity index (χ1n) is 8.99. The van der Waals surface area contributed by atoms with E-state index in [0.29, 0.717) is 16.5 Å². The van der Waals surface area contributed by atoms with Crippen LogP contribution in [0.3, 0.4) is 0 Å². The minimum atomic E-state index is -0.530. The van der Waals surface area contributed by atoms with E-state index in [-0.39, 0.29) is 35.4 Å². The number of aromatic nitrogens is 1. The van der Waals surface area contributed by atoms with Gasteiger partial charge in [-0.15, -0.1) is 11.8 Å². The van der Waals surface area contributed by atoms with Crippen molar-refractivity contribution in [3.05, 3.63) is 83.6 Å². The van der Waals surface area contributed by atoms with Crippen molar-refractivity contribution in [2.45, 2.75) is 18.4 Å². The molecular formula is C22H18F2N2O3S. The van der Waals surface area contributed by atoms with Crippen LogP contribution in [-0.4, -0.2) is 22.4 Å². The number of ether oxygens (including phenoxy) is 1. The van der Waals surface area contributed by atoms with Crippen LogP contribution >= 0.6 is 11.8 Å². The minimum Gasteiger partial charge on any atom is -0.439 e. The molecule has 0 saturated heterocycles. The number of nitrogens with zero attached hydrogens (tertiary/aromatic N) is 1.